The molecule has 4 rings (SSSR count). The molecule has 3 aliphatic rings. The van der Waals surface area contributed by atoms with E-state index in [4.69, 9.17) is 13.9 Å². The summed E-state index contributed by atoms with van der Waals surface area (Å²) in [7, 11) is 0. The van der Waals surface area contributed by atoms with Crippen molar-refractivity contribution in [2.24, 2.45) is 5.92 Å². The third kappa shape index (κ3) is 4.07. The molecular formula is C19H28N2O4. The lowest BCUT2D eigenvalue weighted by Gasteiger charge is -2.37. The van der Waals surface area contributed by atoms with Gasteiger partial charge in [0.15, 0.2) is 0 Å². The number of hydrogen-bond donors (Lipinski definition) is 0. The third-order valence-corrected chi connectivity index (χ3v) is 5.75. The van der Waals surface area contributed by atoms with Gasteiger partial charge in [-0.3, -0.25) is 9.69 Å². The Bertz CT molecular complexity index is 556. The Hall–Kier alpha value is -1.37. The number of fused-ring (bicyclic) bond motifs is 1. The average Bonchev–Trinajstić information content (AvgIpc) is 3.36. The molecule has 0 spiro atoms. The van der Waals surface area contributed by atoms with Gasteiger partial charge in [0.1, 0.15) is 6.61 Å². The Morgan fingerprint density at radius 2 is 2.12 bits per heavy atom. The molecule has 138 valence electrons. The van der Waals surface area contributed by atoms with Crippen LogP contribution in [0.25, 0.3) is 0 Å². The summed E-state index contributed by atoms with van der Waals surface area (Å²) in [6.07, 6.45) is 8.22. The van der Waals surface area contributed by atoms with Crippen molar-refractivity contribution in [2.75, 3.05) is 39.5 Å². The summed E-state index contributed by atoms with van der Waals surface area (Å²) in [4.78, 5) is 16.5. The van der Waals surface area contributed by atoms with Crippen LogP contribution in [-0.4, -0.2) is 67.3 Å². The van der Waals surface area contributed by atoms with Gasteiger partial charge in [-0.05, 0) is 37.7 Å². The Kier molecular flexibility index (Phi) is 5.39. The Balaban J connectivity index is 1.24. The molecular weight excluding hydrogens is 320 g/mol. The highest BCUT2D eigenvalue weighted by Crippen LogP contribution is 2.35. The Labute approximate surface area is 149 Å². The van der Waals surface area contributed by atoms with Crippen LogP contribution in [0.4, 0.5) is 0 Å². The van der Waals surface area contributed by atoms with Crippen LogP contribution in [0.3, 0.4) is 0 Å². The molecule has 1 aromatic rings. The van der Waals surface area contributed by atoms with Crippen molar-refractivity contribution >= 4 is 5.91 Å². The molecule has 3 atom stereocenters. The van der Waals surface area contributed by atoms with Crippen molar-refractivity contribution in [3.63, 3.8) is 0 Å². The Morgan fingerprint density at radius 1 is 1.24 bits per heavy atom. The number of morpholine rings is 1. The van der Waals surface area contributed by atoms with Gasteiger partial charge in [-0.15, -0.1) is 0 Å². The maximum absolute atomic E-state index is 12.1. The van der Waals surface area contributed by atoms with Gasteiger partial charge in [-0.2, -0.15) is 0 Å². The van der Waals surface area contributed by atoms with E-state index >= 15 is 0 Å². The molecule has 2 aliphatic heterocycles. The summed E-state index contributed by atoms with van der Waals surface area (Å²) in [5, 5.41) is 0. The number of furan rings is 1. The number of carbonyl (C=O) groups excluding carboxylic acids is 1. The van der Waals surface area contributed by atoms with Crippen molar-refractivity contribution in [1.82, 2.24) is 9.80 Å². The molecule has 0 N–H and O–H groups in total. The van der Waals surface area contributed by atoms with E-state index < -0.39 is 0 Å². The fourth-order valence-corrected chi connectivity index (χ4v) is 4.45. The predicted molar refractivity (Wildman–Crippen MR) is 92.0 cm³/mol. The van der Waals surface area contributed by atoms with E-state index in [-0.39, 0.29) is 12.5 Å². The van der Waals surface area contributed by atoms with Gasteiger partial charge in [0, 0.05) is 37.8 Å². The number of amides is 1. The van der Waals surface area contributed by atoms with Crippen LogP contribution < -0.4 is 0 Å². The zero-order chi connectivity index (χ0) is 17.1. The first-order chi connectivity index (χ1) is 12.3. The molecule has 1 aromatic heterocycles. The predicted octanol–water partition coefficient (Wildman–Crippen LogP) is 1.90. The summed E-state index contributed by atoms with van der Waals surface area (Å²) in [5.74, 6) is 0.622. The summed E-state index contributed by atoms with van der Waals surface area (Å²) in [6.45, 7) is 5.36. The van der Waals surface area contributed by atoms with Gasteiger partial charge in [0.2, 0.25) is 5.91 Å². The number of ether oxygens (including phenoxy) is 2. The van der Waals surface area contributed by atoms with Crippen LogP contribution in [0, 0.1) is 5.92 Å². The summed E-state index contributed by atoms with van der Waals surface area (Å²) in [6, 6.07) is 2.48. The lowest BCUT2D eigenvalue weighted by molar-refractivity contribution is -0.135. The highest BCUT2D eigenvalue weighted by atomic mass is 16.5. The number of nitrogens with zero attached hydrogens (tertiary/aromatic N) is 2. The second-order valence-corrected chi connectivity index (χ2v) is 7.52. The third-order valence-electron chi connectivity index (χ3n) is 5.75. The number of likely N-dealkylation sites (tertiary alicyclic amines) is 1. The average molecular weight is 348 g/mol. The second kappa shape index (κ2) is 7.89. The van der Waals surface area contributed by atoms with Crippen LogP contribution >= 0.6 is 0 Å². The molecule has 0 bridgehead atoms. The van der Waals surface area contributed by atoms with E-state index in [1.807, 2.05) is 17.2 Å². The second-order valence-electron chi connectivity index (χ2n) is 7.52. The van der Waals surface area contributed by atoms with E-state index in [2.05, 4.69) is 4.90 Å². The zero-order valence-corrected chi connectivity index (χ0v) is 14.8. The van der Waals surface area contributed by atoms with Crippen molar-refractivity contribution in [3.05, 3.63) is 24.2 Å². The Morgan fingerprint density at radius 3 is 2.92 bits per heavy atom. The molecule has 3 heterocycles. The largest absolute Gasteiger partial charge is 0.472 e. The molecule has 1 amide bonds. The normalized spacial score (nSPS) is 29.9. The lowest BCUT2D eigenvalue weighted by atomic mass is 10.1. The highest BCUT2D eigenvalue weighted by molar-refractivity contribution is 5.77. The monoisotopic (exact) mass is 348 g/mol. The maximum Gasteiger partial charge on any atom is 0.248 e. The summed E-state index contributed by atoms with van der Waals surface area (Å²) < 4.78 is 16.9. The fourth-order valence-electron chi connectivity index (χ4n) is 4.45. The SMILES string of the molecule is O=C(COC[C@@H]1C[C@H]2OCCN(Cc3ccoc3)[C@H]2C1)N1CCCC1. The topological polar surface area (TPSA) is 55.2 Å². The minimum Gasteiger partial charge on any atom is -0.472 e. The smallest absolute Gasteiger partial charge is 0.248 e. The van der Waals surface area contributed by atoms with Gasteiger partial charge in [0.25, 0.3) is 0 Å². The van der Waals surface area contributed by atoms with E-state index in [1.54, 1.807) is 6.26 Å². The van der Waals surface area contributed by atoms with E-state index in [1.165, 1.54) is 5.56 Å². The summed E-state index contributed by atoms with van der Waals surface area (Å²) >= 11 is 0. The molecule has 25 heavy (non-hydrogen) atoms. The lowest BCUT2D eigenvalue weighted by Crippen LogP contribution is -2.47. The molecule has 0 unspecified atom stereocenters. The van der Waals surface area contributed by atoms with Gasteiger partial charge in [-0.1, -0.05) is 0 Å². The first-order valence-corrected chi connectivity index (χ1v) is 9.52. The maximum atomic E-state index is 12.1. The minimum absolute atomic E-state index is 0.144. The van der Waals surface area contributed by atoms with Crippen LogP contribution in [0.1, 0.15) is 31.2 Å². The standard InChI is InChI=1S/C19H28N2O4/c22-19(20-4-1-2-5-20)14-24-13-16-9-17-18(10-16)25-8-6-21(17)11-15-3-7-23-12-15/h3,7,12,16-18H,1-2,4-6,8-11,13-14H2/t16-,17-,18+/m0/s1. The molecule has 6 heteroatoms. The van der Waals surface area contributed by atoms with Crippen LogP contribution in [0.2, 0.25) is 0 Å². The van der Waals surface area contributed by atoms with Crippen LogP contribution in [0.15, 0.2) is 23.0 Å². The number of hydrogen-bond acceptors (Lipinski definition) is 5. The zero-order valence-electron chi connectivity index (χ0n) is 14.8. The van der Waals surface area contributed by atoms with Gasteiger partial charge in [0.05, 0.1) is 31.8 Å². The van der Waals surface area contributed by atoms with E-state index in [0.717, 1.165) is 58.5 Å². The van der Waals surface area contributed by atoms with Gasteiger partial charge >= 0.3 is 0 Å². The van der Waals surface area contributed by atoms with E-state index in [0.29, 0.717) is 24.7 Å². The molecule has 0 aromatic carbocycles. The molecule has 6 nitrogen and oxygen atoms in total. The van der Waals surface area contributed by atoms with Crippen molar-refractivity contribution in [3.8, 4) is 0 Å². The molecule has 1 aliphatic carbocycles. The van der Waals surface area contributed by atoms with Crippen molar-refractivity contribution in [1.29, 1.82) is 0 Å². The number of rotatable bonds is 6. The molecule has 0 radical (unpaired) electrons. The molecule has 1 saturated carbocycles. The van der Waals surface area contributed by atoms with Gasteiger partial charge in [-0.25, -0.2) is 0 Å². The molecule has 3 fully saturated rings. The fraction of sp³-hybridized carbons (Fsp3) is 0.737. The number of carbonyl (C=O) groups is 1. The highest BCUT2D eigenvalue weighted by Gasteiger charge is 2.41. The minimum atomic E-state index is 0.144. The van der Waals surface area contributed by atoms with Crippen molar-refractivity contribution in [2.45, 2.75) is 44.4 Å². The summed E-state index contributed by atoms with van der Waals surface area (Å²) in [5.41, 5.74) is 1.22. The van der Waals surface area contributed by atoms with E-state index in [9.17, 15) is 4.79 Å². The van der Waals surface area contributed by atoms with Crippen LogP contribution in [-0.2, 0) is 20.8 Å². The quantitative estimate of drug-likeness (QED) is 0.786. The van der Waals surface area contributed by atoms with Gasteiger partial charge < -0.3 is 18.8 Å². The van der Waals surface area contributed by atoms with Crippen LogP contribution in [0.5, 0.6) is 0 Å². The first kappa shape index (κ1) is 17.1. The van der Waals surface area contributed by atoms with Crippen molar-refractivity contribution < 1.29 is 18.7 Å². The molecule has 2 saturated heterocycles. The first-order valence-electron chi connectivity index (χ1n) is 9.52.